The van der Waals surface area contributed by atoms with E-state index in [-0.39, 0.29) is 5.91 Å². The summed E-state index contributed by atoms with van der Waals surface area (Å²) >= 11 is 1.61. The largest absolute Gasteiger partial charge is 0.358 e. The van der Waals surface area contributed by atoms with E-state index in [1.165, 1.54) is 5.56 Å². The molecule has 3 rings (SSSR count). The number of hydrogen-bond donors (Lipinski definition) is 2. The maximum absolute atomic E-state index is 12.2. The van der Waals surface area contributed by atoms with Crippen molar-refractivity contribution in [2.45, 2.75) is 27.2 Å². The fourth-order valence-corrected chi connectivity index (χ4v) is 3.29. The molecule has 23 heavy (non-hydrogen) atoms. The maximum Gasteiger partial charge on any atom is 0.244 e. The number of fused-ring (bicyclic) bond motifs is 1. The molecule has 118 valence electrons. The highest BCUT2D eigenvalue weighted by Gasteiger charge is 2.12. The number of hydrogen-bond acceptors (Lipinski definition) is 3. The molecule has 2 N–H and O–H groups in total. The Bertz CT molecular complexity index is 875. The Morgan fingerprint density at radius 3 is 2.87 bits per heavy atom. The number of nitrogens with zero attached hydrogens (tertiary/aromatic N) is 1. The molecule has 0 spiro atoms. The lowest BCUT2D eigenvalue weighted by Gasteiger charge is -2.03. The predicted octanol–water partition coefficient (Wildman–Crippen LogP) is 3.93. The molecule has 1 aromatic carbocycles. The summed E-state index contributed by atoms with van der Waals surface area (Å²) in [5.74, 6) is -0.105. The molecule has 4 nitrogen and oxygen atoms in total. The van der Waals surface area contributed by atoms with Crippen LogP contribution in [0.5, 0.6) is 0 Å². The molecular formula is C18H19N3OS. The second-order valence-electron chi connectivity index (χ2n) is 5.66. The van der Waals surface area contributed by atoms with Crippen LogP contribution in [0.15, 0.2) is 40.8 Å². The van der Waals surface area contributed by atoms with E-state index in [2.05, 4.69) is 40.6 Å². The fourth-order valence-electron chi connectivity index (χ4n) is 2.61. The molecule has 0 aliphatic heterocycles. The molecule has 0 aliphatic rings. The number of carbonyl (C=O) groups excluding carboxylic acids is 1. The van der Waals surface area contributed by atoms with Gasteiger partial charge in [0.05, 0.1) is 12.1 Å². The van der Waals surface area contributed by atoms with Crippen LogP contribution < -0.4 is 5.43 Å². The average molecular weight is 325 g/mol. The molecule has 2 aromatic heterocycles. The zero-order valence-electron chi connectivity index (χ0n) is 13.4. The normalized spacial score (nSPS) is 11.9. The number of aryl methyl sites for hydroxylation is 2. The van der Waals surface area contributed by atoms with Crippen molar-refractivity contribution in [2.24, 2.45) is 5.10 Å². The molecule has 0 fully saturated rings. The van der Waals surface area contributed by atoms with Gasteiger partial charge in [0.1, 0.15) is 0 Å². The highest BCUT2D eigenvalue weighted by Crippen LogP contribution is 2.23. The molecule has 2 heterocycles. The first-order chi connectivity index (χ1) is 11.0. The topological polar surface area (TPSA) is 57.2 Å². The van der Waals surface area contributed by atoms with Gasteiger partial charge < -0.3 is 4.98 Å². The molecule has 0 aliphatic carbocycles. The Balaban J connectivity index is 1.77. The fraction of sp³-hybridized carbons (Fsp3) is 0.222. The first kappa shape index (κ1) is 15.5. The number of benzene rings is 1. The van der Waals surface area contributed by atoms with Crippen LogP contribution in [0, 0.1) is 13.8 Å². The summed E-state index contributed by atoms with van der Waals surface area (Å²) in [5, 5.41) is 7.29. The van der Waals surface area contributed by atoms with Gasteiger partial charge in [-0.05, 0) is 49.9 Å². The van der Waals surface area contributed by atoms with Gasteiger partial charge in [-0.2, -0.15) is 5.10 Å². The van der Waals surface area contributed by atoms with E-state index >= 15 is 0 Å². The summed E-state index contributed by atoms with van der Waals surface area (Å²) in [6.45, 7) is 5.95. The van der Waals surface area contributed by atoms with Gasteiger partial charge in [-0.15, -0.1) is 11.3 Å². The monoisotopic (exact) mass is 325 g/mol. The zero-order valence-corrected chi connectivity index (χ0v) is 14.3. The summed E-state index contributed by atoms with van der Waals surface area (Å²) in [5.41, 5.74) is 7.79. The van der Waals surface area contributed by atoms with Gasteiger partial charge >= 0.3 is 0 Å². The highest BCUT2D eigenvalue weighted by atomic mass is 32.1. The minimum atomic E-state index is -0.105. The molecule has 0 radical (unpaired) electrons. The molecule has 0 saturated heterocycles. The number of aromatic nitrogens is 1. The number of hydrazone groups is 1. The molecule has 0 unspecified atom stereocenters. The second-order valence-corrected chi connectivity index (χ2v) is 6.61. The lowest BCUT2D eigenvalue weighted by Crippen LogP contribution is -2.21. The molecule has 0 atom stereocenters. The van der Waals surface area contributed by atoms with E-state index in [0.29, 0.717) is 6.42 Å². The quantitative estimate of drug-likeness (QED) is 0.554. The average Bonchev–Trinajstić information content (AvgIpc) is 3.15. The van der Waals surface area contributed by atoms with E-state index in [1.54, 1.807) is 11.3 Å². The third-order valence-corrected chi connectivity index (χ3v) is 4.82. The van der Waals surface area contributed by atoms with Crippen LogP contribution in [0.2, 0.25) is 0 Å². The Morgan fingerprint density at radius 1 is 1.30 bits per heavy atom. The van der Waals surface area contributed by atoms with Gasteiger partial charge in [0, 0.05) is 21.5 Å². The standard InChI is InChI=1S/C18H19N3OS/c1-11-6-7-16-15(9-11)14(12(2)19-16)10-18(22)21-20-13(3)17-5-4-8-23-17/h4-9,19H,10H2,1-3H3,(H,21,22). The van der Waals surface area contributed by atoms with Gasteiger partial charge in [-0.3, -0.25) is 4.79 Å². The molecule has 5 heteroatoms. The van der Waals surface area contributed by atoms with Gasteiger partial charge in [0.2, 0.25) is 5.91 Å². The van der Waals surface area contributed by atoms with Crippen molar-refractivity contribution < 1.29 is 4.79 Å². The number of rotatable bonds is 4. The highest BCUT2D eigenvalue weighted by molar-refractivity contribution is 7.12. The first-order valence-electron chi connectivity index (χ1n) is 7.49. The van der Waals surface area contributed by atoms with Crippen molar-refractivity contribution in [2.75, 3.05) is 0 Å². The van der Waals surface area contributed by atoms with E-state index < -0.39 is 0 Å². The minimum absolute atomic E-state index is 0.105. The van der Waals surface area contributed by atoms with Crippen LogP contribution in [0.1, 0.15) is 28.6 Å². The predicted molar refractivity (Wildman–Crippen MR) is 96.1 cm³/mol. The minimum Gasteiger partial charge on any atom is -0.358 e. The van der Waals surface area contributed by atoms with Crippen LogP contribution in [0.25, 0.3) is 10.9 Å². The SMILES string of the molecule is CC(=NNC(=O)Cc1c(C)[nH]c2ccc(C)cc12)c1cccs1. The summed E-state index contributed by atoms with van der Waals surface area (Å²) in [4.78, 5) is 16.6. The Labute approximate surface area is 139 Å². The van der Waals surface area contributed by atoms with Crippen molar-refractivity contribution in [1.82, 2.24) is 10.4 Å². The number of thiophene rings is 1. The zero-order chi connectivity index (χ0) is 16.4. The van der Waals surface area contributed by atoms with Crippen molar-refractivity contribution in [3.63, 3.8) is 0 Å². The van der Waals surface area contributed by atoms with Crippen LogP contribution in [-0.2, 0) is 11.2 Å². The van der Waals surface area contributed by atoms with Gasteiger partial charge in [0.25, 0.3) is 0 Å². The van der Waals surface area contributed by atoms with Crippen LogP contribution in [0.3, 0.4) is 0 Å². The number of H-pyrrole nitrogens is 1. The van der Waals surface area contributed by atoms with Crippen LogP contribution in [0.4, 0.5) is 0 Å². The smallest absolute Gasteiger partial charge is 0.244 e. The lowest BCUT2D eigenvalue weighted by molar-refractivity contribution is -0.120. The van der Waals surface area contributed by atoms with E-state index in [0.717, 1.165) is 32.7 Å². The van der Waals surface area contributed by atoms with Crippen LogP contribution in [-0.4, -0.2) is 16.6 Å². The van der Waals surface area contributed by atoms with Gasteiger partial charge in [0.15, 0.2) is 0 Å². The Hall–Kier alpha value is -2.40. The third kappa shape index (κ3) is 3.35. The second kappa shape index (κ2) is 6.38. The summed E-state index contributed by atoms with van der Waals surface area (Å²) in [7, 11) is 0. The van der Waals surface area contributed by atoms with E-state index in [4.69, 9.17) is 0 Å². The van der Waals surface area contributed by atoms with Crippen LogP contribution >= 0.6 is 11.3 Å². The molecule has 0 saturated carbocycles. The summed E-state index contributed by atoms with van der Waals surface area (Å²) < 4.78 is 0. The number of amides is 1. The van der Waals surface area contributed by atoms with Gasteiger partial charge in [-0.25, -0.2) is 5.43 Å². The van der Waals surface area contributed by atoms with Crippen molar-refractivity contribution >= 4 is 33.9 Å². The third-order valence-electron chi connectivity index (χ3n) is 3.84. The van der Waals surface area contributed by atoms with E-state index in [1.807, 2.05) is 31.4 Å². The Morgan fingerprint density at radius 2 is 2.13 bits per heavy atom. The molecule has 0 bridgehead atoms. The summed E-state index contributed by atoms with van der Waals surface area (Å²) in [6.07, 6.45) is 0.316. The van der Waals surface area contributed by atoms with Crippen molar-refractivity contribution in [3.05, 3.63) is 57.4 Å². The number of aromatic amines is 1. The molecule has 3 aromatic rings. The summed E-state index contributed by atoms with van der Waals surface area (Å²) in [6, 6.07) is 10.2. The van der Waals surface area contributed by atoms with Crippen molar-refractivity contribution in [1.29, 1.82) is 0 Å². The first-order valence-corrected chi connectivity index (χ1v) is 8.37. The number of nitrogens with one attached hydrogen (secondary N) is 2. The maximum atomic E-state index is 12.2. The Kier molecular flexibility index (Phi) is 4.30. The van der Waals surface area contributed by atoms with Gasteiger partial charge in [-0.1, -0.05) is 17.7 Å². The molecular weight excluding hydrogens is 306 g/mol. The number of carbonyl (C=O) groups is 1. The molecule has 1 amide bonds. The lowest BCUT2D eigenvalue weighted by atomic mass is 10.1. The van der Waals surface area contributed by atoms with E-state index in [9.17, 15) is 4.79 Å². The van der Waals surface area contributed by atoms with Crippen molar-refractivity contribution in [3.8, 4) is 0 Å².